The number of hydrogen-bond donors (Lipinski definition) is 1. The average Bonchev–Trinajstić information content (AvgIpc) is 2.62. The predicted octanol–water partition coefficient (Wildman–Crippen LogP) is 2.17. The summed E-state index contributed by atoms with van der Waals surface area (Å²) in [5.41, 5.74) is 0.476. The molecule has 0 bridgehead atoms. The van der Waals surface area contributed by atoms with Gasteiger partial charge in [-0.2, -0.15) is 11.8 Å². The molecule has 2 rings (SSSR count). The lowest BCUT2D eigenvalue weighted by molar-refractivity contribution is -0.118. The molecule has 1 atom stereocenters. The van der Waals surface area contributed by atoms with Crippen LogP contribution in [0.5, 0.6) is 0 Å². The van der Waals surface area contributed by atoms with Crippen molar-refractivity contribution in [2.24, 2.45) is 0 Å². The van der Waals surface area contributed by atoms with Crippen molar-refractivity contribution in [1.82, 2.24) is 5.32 Å². The van der Waals surface area contributed by atoms with E-state index in [0.29, 0.717) is 17.2 Å². The number of benzene rings is 1. The quantitative estimate of drug-likeness (QED) is 0.859. The van der Waals surface area contributed by atoms with Gasteiger partial charge in [-0.15, -0.1) is 0 Å². The number of anilines is 1. The standard InChI is InChI=1S/C12H13FN2OS2/c1-18-6-5-10-11(16)15(12(17)14-10)9-4-2-3-8(13)7-9/h2-4,7,10H,5-6H2,1H3,(H,14,17). The van der Waals surface area contributed by atoms with Crippen molar-refractivity contribution >= 4 is 40.7 Å². The topological polar surface area (TPSA) is 32.3 Å². The number of nitrogens with one attached hydrogen (secondary N) is 1. The number of rotatable bonds is 4. The number of nitrogens with zero attached hydrogens (tertiary/aromatic N) is 1. The molecule has 1 aliphatic heterocycles. The number of halogens is 1. The molecule has 1 N–H and O–H groups in total. The van der Waals surface area contributed by atoms with Crippen LogP contribution in [0.25, 0.3) is 0 Å². The Morgan fingerprint density at radius 1 is 1.56 bits per heavy atom. The van der Waals surface area contributed by atoms with Crippen LogP contribution in [0.1, 0.15) is 6.42 Å². The van der Waals surface area contributed by atoms with Crippen molar-refractivity contribution in [2.45, 2.75) is 12.5 Å². The van der Waals surface area contributed by atoms with Gasteiger partial charge in [0.2, 0.25) is 0 Å². The molecule has 0 aromatic heterocycles. The van der Waals surface area contributed by atoms with Gasteiger partial charge in [0.05, 0.1) is 5.69 Å². The largest absolute Gasteiger partial charge is 0.350 e. The molecule has 1 aromatic rings. The third-order valence-electron chi connectivity index (χ3n) is 2.70. The zero-order valence-corrected chi connectivity index (χ0v) is 11.5. The Morgan fingerprint density at radius 2 is 2.33 bits per heavy atom. The van der Waals surface area contributed by atoms with Crippen molar-refractivity contribution in [3.05, 3.63) is 30.1 Å². The van der Waals surface area contributed by atoms with Gasteiger partial charge in [-0.05, 0) is 48.8 Å². The average molecular weight is 284 g/mol. The molecule has 1 saturated heterocycles. The summed E-state index contributed by atoms with van der Waals surface area (Å²) in [4.78, 5) is 13.5. The fraction of sp³-hybridized carbons (Fsp3) is 0.333. The van der Waals surface area contributed by atoms with Gasteiger partial charge in [-0.1, -0.05) is 6.07 Å². The summed E-state index contributed by atoms with van der Waals surface area (Å²) in [6.07, 6.45) is 2.70. The van der Waals surface area contributed by atoms with E-state index in [1.54, 1.807) is 23.9 Å². The number of carbonyl (C=O) groups excluding carboxylic acids is 1. The first kappa shape index (κ1) is 13.3. The second kappa shape index (κ2) is 5.67. The molecule has 0 radical (unpaired) electrons. The van der Waals surface area contributed by atoms with Crippen LogP contribution in [0, 0.1) is 5.82 Å². The maximum atomic E-state index is 13.2. The van der Waals surface area contributed by atoms with Gasteiger partial charge in [-0.3, -0.25) is 9.69 Å². The zero-order valence-electron chi connectivity index (χ0n) is 9.85. The van der Waals surface area contributed by atoms with Crippen LogP contribution in [0.15, 0.2) is 24.3 Å². The number of thiocarbonyl (C=S) groups is 1. The first-order valence-electron chi connectivity index (χ1n) is 5.52. The SMILES string of the molecule is CSCCC1NC(=S)N(c2cccc(F)c2)C1=O. The second-order valence-corrected chi connectivity index (χ2v) is 5.31. The van der Waals surface area contributed by atoms with Crippen LogP contribution in [0.3, 0.4) is 0 Å². The summed E-state index contributed by atoms with van der Waals surface area (Å²) in [6, 6.07) is 5.59. The smallest absolute Gasteiger partial charge is 0.255 e. The molecular weight excluding hydrogens is 271 g/mol. The minimum atomic E-state index is -0.379. The normalized spacial score (nSPS) is 19.2. The Labute approximate surface area is 115 Å². The van der Waals surface area contributed by atoms with E-state index in [2.05, 4.69) is 5.32 Å². The summed E-state index contributed by atoms with van der Waals surface area (Å²) >= 11 is 6.81. The molecule has 0 saturated carbocycles. The summed E-state index contributed by atoms with van der Waals surface area (Å²) in [7, 11) is 0. The second-order valence-electron chi connectivity index (χ2n) is 3.94. The van der Waals surface area contributed by atoms with Gasteiger partial charge in [-0.25, -0.2) is 4.39 Å². The van der Waals surface area contributed by atoms with Crippen LogP contribution in [-0.2, 0) is 4.79 Å². The van der Waals surface area contributed by atoms with Gasteiger partial charge in [0, 0.05) is 0 Å². The lowest BCUT2D eigenvalue weighted by Gasteiger charge is -2.14. The van der Waals surface area contributed by atoms with E-state index in [1.165, 1.54) is 17.0 Å². The Hall–Kier alpha value is -1.14. The van der Waals surface area contributed by atoms with E-state index >= 15 is 0 Å². The van der Waals surface area contributed by atoms with Crippen LogP contribution in [0.4, 0.5) is 10.1 Å². The maximum Gasteiger partial charge on any atom is 0.255 e. The molecule has 0 aliphatic carbocycles. The minimum absolute atomic E-state index is 0.111. The van der Waals surface area contributed by atoms with Crippen molar-refractivity contribution in [3.63, 3.8) is 0 Å². The maximum absolute atomic E-state index is 13.2. The molecule has 1 fully saturated rings. The highest BCUT2D eigenvalue weighted by Crippen LogP contribution is 2.22. The van der Waals surface area contributed by atoms with E-state index in [0.717, 1.165) is 5.75 Å². The minimum Gasteiger partial charge on any atom is -0.350 e. The lowest BCUT2D eigenvalue weighted by Crippen LogP contribution is -2.31. The zero-order chi connectivity index (χ0) is 13.1. The van der Waals surface area contributed by atoms with Crippen molar-refractivity contribution in [3.8, 4) is 0 Å². The Kier molecular flexibility index (Phi) is 4.19. The van der Waals surface area contributed by atoms with E-state index < -0.39 is 0 Å². The summed E-state index contributed by atoms with van der Waals surface area (Å²) in [6.45, 7) is 0. The van der Waals surface area contributed by atoms with Gasteiger partial charge in [0.1, 0.15) is 11.9 Å². The lowest BCUT2D eigenvalue weighted by atomic mass is 10.2. The molecule has 6 heteroatoms. The molecule has 0 spiro atoms. The van der Waals surface area contributed by atoms with Crippen LogP contribution >= 0.6 is 24.0 Å². The molecule has 1 aliphatic rings. The van der Waals surface area contributed by atoms with Gasteiger partial charge >= 0.3 is 0 Å². The highest BCUT2D eigenvalue weighted by atomic mass is 32.2. The molecule has 1 aromatic carbocycles. The van der Waals surface area contributed by atoms with E-state index in [1.807, 2.05) is 6.26 Å². The number of carbonyl (C=O) groups is 1. The third-order valence-corrected chi connectivity index (χ3v) is 3.64. The fourth-order valence-electron chi connectivity index (χ4n) is 1.82. The molecular formula is C12H13FN2OS2. The van der Waals surface area contributed by atoms with E-state index in [-0.39, 0.29) is 17.8 Å². The summed E-state index contributed by atoms with van der Waals surface area (Å²) < 4.78 is 13.2. The Balaban J connectivity index is 2.19. The first-order chi connectivity index (χ1) is 8.63. The monoisotopic (exact) mass is 284 g/mol. The van der Waals surface area contributed by atoms with Crippen LogP contribution in [-0.4, -0.2) is 29.1 Å². The van der Waals surface area contributed by atoms with Crippen molar-refractivity contribution in [1.29, 1.82) is 0 Å². The molecule has 3 nitrogen and oxygen atoms in total. The van der Waals surface area contributed by atoms with Gasteiger partial charge in [0.15, 0.2) is 5.11 Å². The Bertz CT molecular complexity index is 481. The predicted molar refractivity (Wildman–Crippen MR) is 76.4 cm³/mol. The van der Waals surface area contributed by atoms with E-state index in [4.69, 9.17) is 12.2 Å². The highest BCUT2D eigenvalue weighted by Gasteiger charge is 2.35. The third kappa shape index (κ3) is 2.64. The Morgan fingerprint density at radius 3 is 3.00 bits per heavy atom. The van der Waals surface area contributed by atoms with Gasteiger partial charge in [0.25, 0.3) is 5.91 Å². The summed E-state index contributed by atoms with van der Waals surface area (Å²) in [5, 5.41) is 3.32. The van der Waals surface area contributed by atoms with Crippen molar-refractivity contribution < 1.29 is 9.18 Å². The number of thioether (sulfide) groups is 1. The summed E-state index contributed by atoms with van der Waals surface area (Å²) in [5.74, 6) is 0.388. The molecule has 1 unspecified atom stereocenters. The van der Waals surface area contributed by atoms with Crippen LogP contribution < -0.4 is 10.2 Å². The number of hydrogen-bond acceptors (Lipinski definition) is 3. The van der Waals surface area contributed by atoms with E-state index in [9.17, 15) is 9.18 Å². The van der Waals surface area contributed by atoms with Crippen molar-refractivity contribution in [2.75, 3.05) is 16.9 Å². The molecule has 96 valence electrons. The van der Waals surface area contributed by atoms with Crippen LogP contribution in [0.2, 0.25) is 0 Å². The molecule has 18 heavy (non-hydrogen) atoms. The molecule has 1 heterocycles. The number of amides is 1. The first-order valence-corrected chi connectivity index (χ1v) is 7.32. The van der Waals surface area contributed by atoms with Gasteiger partial charge < -0.3 is 5.32 Å². The highest BCUT2D eigenvalue weighted by molar-refractivity contribution is 7.98. The fourth-order valence-corrected chi connectivity index (χ4v) is 2.63. The molecule has 1 amide bonds.